The first-order valence-electron chi connectivity index (χ1n) is 3.62. The van der Waals surface area contributed by atoms with Gasteiger partial charge in [-0.05, 0) is 18.8 Å². The van der Waals surface area contributed by atoms with E-state index in [2.05, 4.69) is 11.4 Å². The van der Waals surface area contributed by atoms with E-state index in [1.165, 1.54) is 0 Å². The fraction of sp³-hybridized carbons (Fsp3) is 0.857. The maximum atomic E-state index is 8.57. The molecule has 1 saturated carbocycles. The van der Waals surface area contributed by atoms with Gasteiger partial charge in [0.2, 0.25) is 0 Å². The first-order chi connectivity index (χ1) is 4.88. The molecule has 0 aromatic heterocycles. The van der Waals surface area contributed by atoms with Crippen molar-refractivity contribution in [3.63, 3.8) is 0 Å². The number of nitrogens with one attached hydrogen (secondary N) is 1. The predicted molar refractivity (Wildman–Crippen MR) is 37.2 cm³/mol. The SMILES string of the molecule is N#CC(NCCO)C1CC1. The lowest BCUT2D eigenvalue weighted by Crippen LogP contribution is -2.31. The third kappa shape index (κ3) is 1.98. The second-order valence-corrected chi connectivity index (χ2v) is 2.62. The number of nitriles is 1. The van der Waals surface area contributed by atoms with Crippen molar-refractivity contribution >= 4 is 0 Å². The summed E-state index contributed by atoms with van der Waals surface area (Å²) in [5.41, 5.74) is 0. The molecule has 0 aliphatic heterocycles. The number of hydrogen-bond donors (Lipinski definition) is 2. The topological polar surface area (TPSA) is 56.0 Å². The second kappa shape index (κ2) is 3.55. The van der Waals surface area contributed by atoms with Crippen molar-refractivity contribution in [2.45, 2.75) is 18.9 Å². The molecule has 0 aromatic carbocycles. The van der Waals surface area contributed by atoms with E-state index in [1.54, 1.807) is 0 Å². The zero-order chi connectivity index (χ0) is 7.40. The Bertz CT molecular complexity index is 137. The maximum absolute atomic E-state index is 8.57. The number of hydrogen-bond acceptors (Lipinski definition) is 3. The molecule has 1 aliphatic rings. The van der Waals surface area contributed by atoms with Crippen molar-refractivity contribution in [2.75, 3.05) is 13.2 Å². The summed E-state index contributed by atoms with van der Waals surface area (Å²) in [7, 11) is 0. The van der Waals surface area contributed by atoms with Gasteiger partial charge in [-0.25, -0.2) is 0 Å². The molecule has 1 atom stereocenters. The average molecular weight is 140 g/mol. The Morgan fingerprint density at radius 3 is 2.80 bits per heavy atom. The maximum Gasteiger partial charge on any atom is 0.0982 e. The molecule has 1 rings (SSSR count). The van der Waals surface area contributed by atoms with E-state index in [0.717, 1.165) is 12.8 Å². The summed E-state index contributed by atoms with van der Waals surface area (Å²) in [6.07, 6.45) is 2.33. The van der Waals surface area contributed by atoms with Gasteiger partial charge in [-0.1, -0.05) is 0 Å². The first-order valence-corrected chi connectivity index (χ1v) is 3.62. The zero-order valence-corrected chi connectivity index (χ0v) is 5.88. The molecule has 0 heterocycles. The van der Waals surface area contributed by atoms with Crippen LogP contribution < -0.4 is 5.32 Å². The van der Waals surface area contributed by atoms with Gasteiger partial charge in [0.05, 0.1) is 18.7 Å². The Morgan fingerprint density at radius 2 is 2.40 bits per heavy atom. The minimum Gasteiger partial charge on any atom is -0.395 e. The highest BCUT2D eigenvalue weighted by atomic mass is 16.3. The van der Waals surface area contributed by atoms with Gasteiger partial charge in [0.1, 0.15) is 0 Å². The van der Waals surface area contributed by atoms with Crippen molar-refractivity contribution in [2.24, 2.45) is 5.92 Å². The fourth-order valence-corrected chi connectivity index (χ4v) is 0.967. The normalized spacial score (nSPS) is 20.0. The van der Waals surface area contributed by atoms with Crippen molar-refractivity contribution < 1.29 is 5.11 Å². The summed E-state index contributed by atoms with van der Waals surface area (Å²) in [5, 5.41) is 20.0. The van der Waals surface area contributed by atoms with E-state index in [0.29, 0.717) is 12.5 Å². The van der Waals surface area contributed by atoms with Crippen LogP contribution in [0.25, 0.3) is 0 Å². The van der Waals surface area contributed by atoms with Gasteiger partial charge in [-0.2, -0.15) is 5.26 Å². The number of aliphatic hydroxyl groups excluding tert-OH is 1. The van der Waals surface area contributed by atoms with E-state index >= 15 is 0 Å². The zero-order valence-electron chi connectivity index (χ0n) is 5.88. The Kier molecular flexibility index (Phi) is 2.67. The summed E-state index contributed by atoms with van der Waals surface area (Å²) in [6, 6.07) is 2.16. The molecule has 10 heavy (non-hydrogen) atoms. The molecular weight excluding hydrogens is 128 g/mol. The van der Waals surface area contributed by atoms with Crippen molar-refractivity contribution in [1.29, 1.82) is 5.26 Å². The van der Waals surface area contributed by atoms with Gasteiger partial charge in [-0.15, -0.1) is 0 Å². The molecule has 1 unspecified atom stereocenters. The Hall–Kier alpha value is -0.590. The van der Waals surface area contributed by atoms with Crippen molar-refractivity contribution in [3.8, 4) is 6.07 Å². The minimum absolute atomic E-state index is 0.0212. The van der Waals surface area contributed by atoms with Crippen LogP contribution in [0.3, 0.4) is 0 Å². The monoisotopic (exact) mass is 140 g/mol. The van der Waals surface area contributed by atoms with Gasteiger partial charge in [-0.3, -0.25) is 5.32 Å². The van der Waals surface area contributed by atoms with Crippen LogP contribution in [0.2, 0.25) is 0 Å². The van der Waals surface area contributed by atoms with Gasteiger partial charge < -0.3 is 5.11 Å². The molecular formula is C7H12N2O. The summed E-state index contributed by atoms with van der Waals surface area (Å²) >= 11 is 0. The highest BCUT2D eigenvalue weighted by Gasteiger charge is 2.30. The van der Waals surface area contributed by atoms with Crippen LogP contribution in [0.4, 0.5) is 0 Å². The van der Waals surface area contributed by atoms with E-state index in [9.17, 15) is 0 Å². The lowest BCUT2D eigenvalue weighted by atomic mass is 10.2. The van der Waals surface area contributed by atoms with Crippen LogP contribution in [-0.2, 0) is 0 Å². The molecule has 3 nitrogen and oxygen atoms in total. The second-order valence-electron chi connectivity index (χ2n) is 2.62. The smallest absolute Gasteiger partial charge is 0.0982 e. The van der Waals surface area contributed by atoms with Gasteiger partial charge in [0.25, 0.3) is 0 Å². The molecule has 56 valence electrons. The van der Waals surface area contributed by atoms with E-state index < -0.39 is 0 Å². The first kappa shape index (κ1) is 7.52. The summed E-state index contributed by atoms with van der Waals surface area (Å²) in [6.45, 7) is 0.652. The molecule has 3 heteroatoms. The molecule has 0 bridgehead atoms. The van der Waals surface area contributed by atoms with Gasteiger partial charge in [0, 0.05) is 6.54 Å². The number of aliphatic hydroxyl groups is 1. The fourth-order valence-electron chi connectivity index (χ4n) is 0.967. The van der Waals surface area contributed by atoms with Crippen molar-refractivity contribution in [1.82, 2.24) is 5.32 Å². The minimum atomic E-state index is -0.0212. The highest BCUT2D eigenvalue weighted by Crippen LogP contribution is 2.32. The lowest BCUT2D eigenvalue weighted by molar-refractivity contribution is 0.286. The molecule has 1 aliphatic carbocycles. The average Bonchev–Trinajstić information content (AvgIpc) is 2.73. The van der Waals surface area contributed by atoms with E-state index in [4.69, 9.17) is 10.4 Å². The highest BCUT2D eigenvalue weighted by molar-refractivity contribution is 5.00. The Labute approximate surface area is 60.7 Å². The molecule has 0 amide bonds. The third-order valence-corrected chi connectivity index (χ3v) is 1.71. The quantitative estimate of drug-likeness (QED) is 0.572. The van der Waals surface area contributed by atoms with Crippen LogP contribution in [0.1, 0.15) is 12.8 Å². The summed E-state index contributed by atoms with van der Waals surface area (Å²) in [4.78, 5) is 0. The molecule has 2 N–H and O–H groups in total. The van der Waals surface area contributed by atoms with Crippen LogP contribution >= 0.6 is 0 Å². The third-order valence-electron chi connectivity index (χ3n) is 1.71. The predicted octanol–water partition coefficient (Wildman–Crippen LogP) is -0.130. The molecule has 0 spiro atoms. The summed E-state index contributed by atoms with van der Waals surface area (Å²) < 4.78 is 0. The van der Waals surface area contributed by atoms with E-state index in [-0.39, 0.29) is 12.6 Å². The van der Waals surface area contributed by atoms with Gasteiger partial charge >= 0.3 is 0 Å². The van der Waals surface area contributed by atoms with Crippen LogP contribution in [0.15, 0.2) is 0 Å². The number of nitrogens with zero attached hydrogens (tertiary/aromatic N) is 1. The van der Waals surface area contributed by atoms with Crippen molar-refractivity contribution in [3.05, 3.63) is 0 Å². The van der Waals surface area contributed by atoms with Crippen LogP contribution in [-0.4, -0.2) is 24.3 Å². The van der Waals surface area contributed by atoms with Crippen LogP contribution in [0, 0.1) is 17.2 Å². The standard InChI is InChI=1S/C7H12N2O/c8-5-7(6-1-2-6)9-3-4-10/h6-7,9-10H,1-4H2. The molecule has 0 aromatic rings. The molecule has 0 radical (unpaired) electrons. The van der Waals surface area contributed by atoms with Crippen LogP contribution in [0.5, 0.6) is 0 Å². The molecule has 1 fully saturated rings. The number of rotatable bonds is 4. The Morgan fingerprint density at radius 1 is 1.70 bits per heavy atom. The summed E-state index contributed by atoms with van der Waals surface area (Å²) in [5.74, 6) is 0.552. The molecule has 0 saturated heterocycles. The Balaban J connectivity index is 2.15. The largest absolute Gasteiger partial charge is 0.395 e. The van der Waals surface area contributed by atoms with E-state index in [1.807, 2.05) is 0 Å². The van der Waals surface area contributed by atoms with Gasteiger partial charge in [0.15, 0.2) is 0 Å². The lowest BCUT2D eigenvalue weighted by Gasteiger charge is -2.06.